The number of nitrogens with two attached hydrogens (primary N) is 1. The van der Waals surface area contributed by atoms with Crippen molar-refractivity contribution >= 4 is 5.97 Å². The van der Waals surface area contributed by atoms with E-state index in [9.17, 15) is 31.1 Å². The van der Waals surface area contributed by atoms with E-state index in [4.69, 9.17) is 5.73 Å². The van der Waals surface area contributed by atoms with Gasteiger partial charge in [0, 0.05) is 6.54 Å². The molecule has 2 N–H and O–H groups in total. The average Bonchev–Trinajstić information content (AvgIpc) is 2.35. The number of halogens is 6. The molecule has 1 aromatic heterocycles. The van der Waals surface area contributed by atoms with Gasteiger partial charge in [0.05, 0.1) is 6.61 Å². The highest BCUT2D eigenvalue weighted by atomic mass is 19.4. The summed E-state index contributed by atoms with van der Waals surface area (Å²) in [6.45, 7) is 0.689. The predicted molar refractivity (Wildman–Crippen MR) is 59.8 cm³/mol. The summed E-state index contributed by atoms with van der Waals surface area (Å²) in [4.78, 5) is 14.5. The molecule has 0 fully saturated rings. The molecule has 1 aromatic rings. The van der Waals surface area contributed by atoms with Gasteiger partial charge < -0.3 is 15.2 Å². The van der Waals surface area contributed by atoms with Crippen LogP contribution in [0, 0.1) is 0 Å². The third-order valence-corrected chi connectivity index (χ3v) is 2.27. The fraction of sp³-hybridized carbons (Fsp3) is 0.455. The lowest BCUT2D eigenvalue weighted by molar-refractivity contribution is -0.277. The molecule has 124 valence electrons. The molecule has 1 heterocycles. The Bertz CT molecular complexity index is 556. The fourth-order valence-corrected chi connectivity index (χ4v) is 1.46. The number of alkyl halides is 6. The summed E-state index contributed by atoms with van der Waals surface area (Å²) in [7, 11) is 0. The summed E-state index contributed by atoms with van der Waals surface area (Å²) < 4.78 is 82.7. The van der Waals surface area contributed by atoms with Crippen molar-refractivity contribution < 1.29 is 40.6 Å². The third-order valence-electron chi connectivity index (χ3n) is 2.27. The van der Waals surface area contributed by atoms with Gasteiger partial charge in [0.15, 0.2) is 5.69 Å². The van der Waals surface area contributed by atoms with E-state index in [0.29, 0.717) is 0 Å². The van der Waals surface area contributed by atoms with Gasteiger partial charge in [0.2, 0.25) is 5.88 Å². The Morgan fingerprint density at radius 2 is 1.86 bits per heavy atom. The zero-order chi connectivity index (χ0) is 17.1. The molecule has 1 rings (SSSR count). The number of hydrogen-bond acceptors (Lipinski definition) is 5. The van der Waals surface area contributed by atoms with E-state index in [-0.39, 0.29) is 12.7 Å². The van der Waals surface area contributed by atoms with Crippen LogP contribution in [0.1, 0.15) is 28.5 Å². The average molecular weight is 332 g/mol. The number of carbonyl (C=O) groups excluding carboxylic acids is 1. The molecule has 0 bridgehead atoms. The minimum absolute atomic E-state index is 0.152. The number of pyridine rings is 1. The van der Waals surface area contributed by atoms with Crippen LogP contribution in [-0.4, -0.2) is 23.9 Å². The van der Waals surface area contributed by atoms with Crippen LogP contribution < -0.4 is 10.5 Å². The van der Waals surface area contributed by atoms with Crippen LogP contribution in [0.3, 0.4) is 0 Å². The molecule has 22 heavy (non-hydrogen) atoms. The maximum atomic E-state index is 12.8. The summed E-state index contributed by atoms with van der Waals surface area (Å²) >= 11 is 0. The third kappa shape index (κ3) is 4.48. The molecule has 0 aliphatic rings. The Hall–Kier alpha value is -2.04. The van der Waals surface area contributed by atoms with Crippen molar-refractivity contribution in [2.45, 2.75) is 26.0 Å². The van der Waals surface area contributed by atoms with Crippen LogP contribution in [0.25, 0.3) is 0 Å². The standard InChI is InChI=1S/C11H10F6N2O3/c1-2-21-9(20)7-5(4-18)3-6(10(12,13)14)8(19-7)22-11(15,16)17/h3H,2,4,18H2,1H3. The quantitative estimate of drug-likeness (QED) is 0.678. The number of esters is 1. The highest BCUT2D eigenvalue weighted by Crippen LogP contribution is 2.38. The smallest absolute Gasteiger partial charge is 0.461 e. The monoisotopic (exact) mass is 332 g/mol. The largest absolute Gasteiger partial charge is 0.574 e. The Morgan fingerprint density at radius 1 is 1.27 bits per heavy atom. The van der Waals surface area contributed by atoms with Gasteiger partial charge in [0.25, 0.3) is 0 Å². The van der Waals surface area contributed by atoms with Gasteiger partial charge >= 0.3 is 18.5 Å². The number of aromatic nitrogens is 1. The molecule has 0 radical (unpaired) electrons. The van der Waals surface area contributed by atoms with E-state index in [1.807, 2.05) is 0 Å². The summed E-state index contributed by atoms with van der Waals surface area (Å²) in [5.74, 6) is -3.00. The van der Waals surface area contributed by atoms with Gasteiger partial charge in [-0.15, -0.1) is 13.2 Å². The van der Waals surface area contributed by atoms with Crippen LogP contribution >= 0.6 is 0 Å². The molecule has 0 unspecified atom stereocenters. The topological polar surface area (TPSA) is 74.4 Å². The van der Waals surface area contributed by atoms with E-state index in [0.717, 1.165) is 0 Å². The zero-order valence-corrected chi connectivity index (χ0v) is 11.0. The minimum Gasteiger partial charge on any atom is -0.461 e. The molecule has 0 aliphatic carbocycles. The maximum absolute atomic E-state index is 12.8. The normalized spacial score (nSPS) is 12.2. The van der Waals surface area contributed by atoms with Gasteiger partial charge in [-0.25, -0.2) is 9.78 Å². The second kappa shape index (κ2) is 6.38. The van der Waals surface area contributed by atoms with Crippen molar-refractivity contribution in [3.63, 3.8) is 0 Å². The van der Waals surface area contributed by atoms with Crippen molar-refractivity contribution in [1.29, 1.82) is 0 Å². The van der Waals surface area contributed by atoms with Crippen molar-refractivity contribution in [3.8, 4) is 5.88 Å². The van der Waals surface area contributed by atoms with Crippen LogP contribution in [0.4, 0.5) is 26.3 Å². The molecule has 0 spiro atoms. The SMILES string of the molecule is CCOC(=O)c1nc(OC(F)(F)F)c(C(F)(F)F)cc1CN. The van der Waals surface area contributed by atoms with Gasteiger partial charge in [-0.3, -0.25) is 0 Å². The number of carbonyl (C=O) groups is 1. The zero-order valence-electron chi connectivity index (χ0n) is 11.0. The van der Waals surface area contributed by atoms with E-state index < -0.39 is 47.8 Å². The molecule has 0 saturated carbocycles. The van der Waals surface area contributed by atoms with Gasteiger partial charge in [-0.2, -0.15) is 13.2 Å². The Labute approximate surface area is 120 Å². The molecule has 0 aliphatic heterocycles. The lowest BCUT2D eigenvalue weighted by atomic mass is 10.1. The molecule has 0 saturated heterocycles. The predicted octanol–water partition coefficient (Wildman–Crippen LogP) is 2.63. The second-order valence-corrected chi connectivity index (χ2v) is 3.82. The molecular weight excluding hydrogens is 322 g/mol. The Balaban J connectivity index is 3.49. The van der Waals surface area contributed by atoms with Crippen molar-refractivity contribution in [3.05, 3.63) is 22.9 Å². The van der Waals surface area contributed by atoms with E-state index in [1.54, 1.807) is 0 Å². The first-order valence-electron chi connectivity index (χ1n) is 5.73. The van der Waals surface area contributed by atoms with Crippen LogP contribution in [0.15, 0.2) is 6.07 Å². The molecule has 0 aromatic carbocycles. The highest BCUT2D eigenvalue weighted by Gasteiger charge is 2.41. The first-order valence-corrected chi connectivity index (χ1v) is 5.73. The minimum atomic E-state index is -5.41. The van der Waals surface area contributed by atoms with E-state index in [2.05, 4.69) is 14.5 Å². The molecular formula is C11H10F6N2O3. The van der Waals surface area contributed by atoms with Crippen molar-refractivity contribution in [2.75, 3.05) is 6.61 Å². The maximum Gasteiger partial charge on any atom is 0.574 e. The first-order chi connectivity index (χ1) is 9.99. The fourth-order valence-electron chi connectivity index (χ4n) is 1.46. The lowest BCUT2D eigenvalue weighted by Gasteiger charge is -2.17. The molecule has 5 nitrogen and oxygen atoms in total. The molecule has 0 amide bonds. The van der Waals surface area contributed by atoms with Crippen LogP contribution in [0.5, 0.6) is 5.88 Å². The summed E-state index contributed by atoms with van der Waals surface area (Å²) in [6, 6.07) is 0.278. The number of ether oxygens (including phenoxy) is 2. The van der Waals surface area contributed by atoms with Crippen molar-refractivity contribution in [1.82, 2.24) is 4.98 Å². The Morgan fingerprint density at radius 3 is 2.27 bits per heavy atom. The summed E-state index contributed by atoms with van der Waals surface area (Å²) in [6.07, 6.45) is -10.6. The highest BCUT2D eigenvalue weighted by molar-refractivity contribution is 5.89. The molecule has 11 heteroatoms. The number of hydrogen-bond donors (Lipinski definition) is 1. The number of nitrogens with zero attached hydrogens (tertiary/aromatic N) is 1. The van der Waals surface area contributed by atoms with Gasteiger partial charge in [-0.05, 0) is 18.6 Å². The molecule has 0 atom stereocenters. The number of rotatable bonds is 4. The first kappa shape index (κ1) is 18.0. The lowest BCUT2D eigenvalue weighted by Crippen LogP contribution is -2.23. The van der Waals surface area contributed by atoms with Crippen LogP contribution in [-0.2, 0) is 17.5 Å². The summed E-state index contributed by atoms with van der Waals surface area (Å²) in [5.41, 5.74) is 2.22. The van der Waals surface area contributed by atoms with Crippen LogP contribution in [0.2, 0.25) is 0 Å². The second-order valence-electron chi connectivity index (χ2n) is 3.82. The van der Waals surface area contributed by atoms with Gasteiger partial charge in [-0.1, -0.05) is 0 Å². The van der Waals surface area contributed by atoms with Gasteiger partial charge in [0.1, 0.15) is 5.56 Å². The van der Waals surface area contributed by atoms with E-state index in [1.165, 1.54) is 6.92 Å². The van der Waals surface area contributed by atoms with Crippen molar-refractivity contribution in [2.24, 2.45) is 5.73 Å². The van der Waals surface area contributed by atoms with E-state index >= 15 is 0 Å². The Kier molecular flexibility index (Phi) is 5.22. The summed E-state index contributed by atoms with van der Waals surface area (Å²) in [5, 5.41) is 0.